The van der Waals surface area contributed by atoms with Crippen molar-refractivity contribution in [3.63, 3.8) is 0 Å². The Morgan fingerprint density at radius 2 is 0.929 bits per heavy atom. The van der Waals surface area contributed by atoms with E-state index >= 15 is 0 Å². The highest BCUT2D eigenvalue weighted by Crippen LogP contribution is 2.53. The molecule has 14 nitrogen and oxygen atoms in total. The number of ether oxygens (including phenoxy) is 2. The van der Waals surface area contributed by atoms with E-state index in [0.717, 1.165) is 21.6 Å². The summed E-state index contributed by atoms with van der Waals surface area (Å²) in [7, 11) is 2.06. The van der Waals surface area contributed by atoms with Crippen LogP contribution in [0.1, 0.15) is 34.6 Å². The molecule has 0 bridgehead atoms. The first-order chi connectivity index (χ1) is 26.9. The number of nitrogens with two attached hydrogens (primary N) is 2. The van der Waals surface area contributed by atoms with Gasteiger partial charge in [-0.1, -0.05) is 24.3 Å². The fourth-order valence-electron chi connectivity index (χ4n) is 5.92. The van der Waals surface area contributed by atoms with Gasteiger partial charge in [0, 0.05) is 46.8 Å². The minimum absolute atomic E-state index is 0.0131. The third-order valence-corrected chi connectivity index (χ3v) is 10.8. The molecule has 0 amide bonds. The number of nitro benzene ring substituents is 2. The molecule has 0 aliphatic rings. The average Bonchev–Trinajstić information content (AvgIpc) is 3.64. The fourth-order valence-corrected chi connectivity index (χ4v) is 8.66. The molecular formula is C38H30F2N6O8S2. The molecule has 0 radical (unpaired) electrons. The number of non-ortho nitro benzene ring substituents is 2. The van der Waals surface area contributed by atoms with Crippen molar-refractivity contribution in [2.75, 3.05) is 24.7 Å². The Bertz CT molecular complexity index is 2300. The predicted octanol–water partition coefficient (Wildman–Crippen LogP) is 9.01. The van der Waals surface area contributed by atoms with E-state index in [1.807, 2.05) is 0 Å². The van der Waals surface area contributed by atoms with Crippen LogP contribution in [0.25, 0.3) is 33.6 Å². The average molecular weight is 801 g/mol. The smallest absolute Gasteiger partial charge is 0.342 e. The zero-order chi connectivity index (χ0) is 40.3. The van der Waals surface area contributed by atoms with Gasteiger partial charge in [-0.3, -0.25) is 29.4 Å². The fraction of sp³-hybridized carbons (Fsp3) is 0.105. The Kier molecular flexibility index (Phi) is 11.4. The minimum atomic E-state index is -0.799. The van der Waals surface area contributed by atoms with Crippen LogP contribution in [0.15, 0.2) is 107 Å². The first kappa shape index (κ1) is 39.0. The molecule has 0 unspecified atom stereocenters. The molecule has 4 aromatic carbocycles. The van der Waals surface area contributed by atoms with Crippen molar-refractivity contribution in [1.82, 2.24) is 9.13 Å². The monoisotopic (exact) mass is 800 g/mol. The lowest BCUT2D eigenvalue weighted by Crippen LogP contribution is -2.09. The van der Waals surface area contributed by atoms with Gasteiger partial charge in [-0.15, -0.1) is 0 Å². The third kappa shape index (κ3) is 7.51. The quantitative estimate of drug-likeness (QED) is 0.0487. The number of esters is 2. The lowest BCUT2D eigenvalue weighted by Gasteiger charge is -2.15. The summed E-state index contributed by atoms with van der Waals surface area (Å²) in [6.07, 6.45) is 0. The van der Waals surface area contributed by atoms with Crippen molar-refractivity contribution in [1.29, 1.82) is 0 Å². The van der Waals surface area contributed by atoms with Crippen molar-refractivity contribution in [3.8, 4) is 33.6 Å². The second-order valence-corrected chi connectivity index (χ2v) is 13.8. The van der Waals surface area contributed by atoms with E-state index in [0.29, 0.717) is 22.5 Å². The number of carbonyl (C=O) groups is 2. The molecular weight excluding hydrogens is 771 g/mol. The van der Waals surface area contributed by atoms with Crippen molar-refractivity contribution in [3.05, 3.63) is 140 Å². The summed E-state index contributed by atoms with van der Waals surface area (Å²) in [6.45, 7) is 3.19. The number of aromatic nitrogens is 2. The molecule has 2 aromatic heterocycles. The Hall–Kier alpha value is -6.66. The Morgan fingerprint density at radius 1 is 0.607 bits per heavy atom. The molecule has 56 heavy (non-hydrogen) atoms. The molecule has 0 saturated heterocycles. The highest BCUT2D eigenvalue weighted by Gasteiger charge is 2.33. The number of anilines is 2. The van der Waals surface area contributed by atoms with Gasteiger partial charge >= 0.3 is 11.9 Å². The molecule has 6 aromatic rings. The van der Waals surface area contributed by atoms with Crippen molar-refractivity contribution < 1.29 is 37.7 Å². The van der Waals surface area contributed by atoms with Gasteiger partial charge in [-0.25, -0.2) is 18.4 Å². The maximum Gasteiger partial charge on any atom is 0.342 e. The third-order valence-electron chi connectivity index (χ3n) is 8.39. The summed E-state index contributed by atoms with van der Waals surface area (Å²) in [5.41, 5.74) is 14.7. The van der Waals surface area contributed by atoms with Gasteiger partial charge in [0.2, 0.25) is 0 Å². The van der Waals surface area contributed by atoms with E-state index in [2.05, 4.69) is 0 Å². The molecule has 18 heteroatoms. The van der Waals surface area contributed by atoms with Gasteiger partial charge in [0.15, 0.2) is 0 Å². The molecule has 0 fully saturated rings. The van der Waals surface area contributed by atoms with E-state index in [-0.39, 0.29) is 68.5 Å². The van der Waals surface area contributed by atoms with Crippen LogP contribution in [-0.2, 0) is 9.47 Å². The number of halogens is 2. The second kappa shape index (κ2) is 16.4. The SMILES string of the molecule is CCOC(=O)c1c(-c2ccc(F)cc2)c(SSc2c(-c3ccc(F)cc3)c(C(=O)OCC)c(N)n2-c2ccc([N+](=O)[O-])cc2)n(-c2ccc([N+](=O)[O-])cc2)c1N. The standard InChI is InChI=1S/C38H30F2N6O8S2/c1-3-53-37(47)31-29(21-5-9-23(39)10-6-21)35(43(33(31)41)25-13-17-27(18-14-25)45(49)50)55-56-36-30(22-7-11-24(40)12-8-22)32(38(48)54-4-2)34(42)44(36)26-15-19-28(20-16-26)46(51)52/h5-20H,3-4,41-42H2,1-2H3. The maximum atomic E-state index is 14.3. The summed E-state index contributed by atoms with van der Waals surface area (Å²) in [5.74, 6) is -2.90. The lowest BCUT2D eigenvalue weighted by molar-refractivity contribution is -0.385. The summed E-state index contributed by atoms with van der Waals surface area (Å²) in [5, 5.41) is 23.6. The molecule has 0 spiro atoms. The number of hydrogen-bond acceptors (Lipinski definition) is 12. The Morgan fingerprint density at radius 3 is 1.21 bits per heavy atom. The van der Waals surface area contributed by atoms with E-state index in [1.165, 1.54) is 106 Å². The van der Waals surface area contributed by atoms with Crippen LogP contribution in [0.3, 0.4) is 0 Å². The zero-order valence-electron chi connectivity index (χ0n) is 29.4. The molecule has 0 atom stereocenters. The topological polar surface area (TPSA) is 201 Å². The van der Waals surface area contributed by atoms with Crippen molar-refractivity contribution >= 4 is 56.5 Å². The molecule has 2 heterocycles. The summed E-state index contributed by atoms with van der Waals surface area (Å²) < 4.78 is 42.3. The first-order valence-electron chi connectivity index (χ1n) is 16.6. The van der Waals surface area contributed by atoms with Crippen molar-refractivity contribution in [2.45, 2.75) is 23.9 Å². The van der Waals surface area contributed by atoms with Crippen LogP contribution in [-0.4, -0.2) is 44.1 Å². The number of nitrogen functional groups attached to an aromatic ring is 2. The highest BCUT2D eigenvalue weighted by molar-refractivity contribution is 8.76. The van der Waals surface area contributed by atoms with E-state index in [9.17, 15) is 38.6 Å². The largest absolute Gasteiger partial charge is 0.462 e. The molecule has 4 N–H and O–H groups in total. The maximum absolute atomic E-state index is 14.3. The molecule has 286 valence electrons. The van der Waals surface area contributed by atoms with E-state index < -0.39 is 33.4 Å². The summed E-state index contributed by atoms with van der Waals surface area (Å²) in [4.78, 5) is 49.2. The summed E-state index contributed by atoms with van der Waals surface area (Å²) >= 11 is 0. The van der Waals surface area contributed by atoms with Crippen molar-refractivity contribution in [2.24, 2.45) is 0 Å². The van der Waals surface area contributed by atoms with Crippen LogP contribution >= 0.6 is 21.6 Å². The van der Waals surface area contributed by atoms with Crippen LogP contribution in [0, 0.1) is 31.9 Å². The zero-order valence-corrected chi connectivity index (χ0v) is 31.1. The second-order valence-electron chi connectivity index (χ2n) is 11.7. The summed E-state index contributed by atoms with van der Waals surface area (Å²) in [6, 6.07) is 21.4. The number of nitro groups is 2. The molecule has 0 saturated carbocycles. The normalized spacial score (nSPS) is 11.0. The highest BCUT2D eigenvalue weighted by atomic mass is 33.1. The van der Waals surface area contributed by atoms with E-state index in [4.69, 9.17) is 20.9 Å². The number of benzene rings is 4. The van der Waals surface area contributed by atoms with Gasteiger partial charge in [0.05, 0.1) is 23.1 Å². The van der Waals surface area contributed by atoms with Gasteiger partial charge in [-0.2, -0.15) is 0 Å². The molecule has 0 aliphatic carbocycles. The van der Waals surface area contributed by atoms with Gasteiger partial charge in [0.25, 0.3) is 11.4 Å². The molecule has 0 aliphatic heterocycles. The van der Waals surface area contributed by atoms with Crippen LogP contribution < -0.4 is 11.5 Å². The number of nitrogens with zero attached hydrogens (tertiary/aromatic N) is 4. The van der Waals surface area contributed by atoms with Gasteiger partial charge in [-0.05, 0) is 95.1 Å². The predicted molar refractivity (Wildman–Crippen MR) is 208 cm³/mol. The number of carbonyl (C=O) groups excluding carboxylic acids is 2. The first-order valence-corrected chi connectivity index (χ1v) is 18.8. The van der Waals surface area contributed by atoms with Crippen LogP contribution in [0.5, 0.6) is 0 Å². The van der Waals surface area contributed by atoms with Crippen LogP contribution in [0.2, 0.25) is 0 Å². The van der Waals surface area contributed by atoms with E-state index in [1.54, 1.807) is 13.8 Å². The Balaban J connectivity index is 1.66. The molecule has 6 rings (SSSR count). The Labute approximate surface area is 324 Å². The minimum Gasteiger partial charge on any atom is -0.462 e. The van der Waals surface area contributed by atoms with Gasteiger partial charge < -0.3 is 20.9 Å². The van der Waals surface area contributed by atoms with Gasteiger partial charge in [0.1, 0.15) is 44.4 Å². The lowest BCUT2D eigenvalue weighted by atomic mass is 10.0. The van der Waals surface area contributed by atoms with Crippen LogP contribution in [0.4, 0.5) is 31.8 Å². The number of rotatable bonds is 13. The number of hydrogen-bond donors (Lipinski definition) is 2.